The van der Waals surface area contributed by atoms with Gasteiger partial charge in [0.2, 0.25) is 5.78 Å². The van der Waals surface area contributed by atoms with Crippen molar-refractivity contribution in [3.05, 3.63) is 75.5 Å². The van der Waals surface area contributed by atoms with Gasteiger partial charge < -0.3 is 10.4 Å². The lowest BCUT2D eigenvalue weighted by Crippen LogP contribution is -2.21. The smallest absolute Gasteiger partial charge is 0.312 e. The Morgan fingerprint density at radius 3 is 2.43 bits per heavy atom. The molecule has 0 amide bonds. The van der Waals surface area contributed by atoms with Crippen LogP contribution in [0.1, 0.15) is 20.7 Å². The average Bonchev–Trinajstić information content (AvgIpc) is 2.54. The van der Waals surface area contributed by atoms with Crippen molar-refractivity contribution in [3.63, 3.8) is 0 Å². The summed E-state index contributed by atoms with van der Waals surface area (Å²) < 4.78 is 0. The molecule has 0 aliphatic heterocycles. The summed E-state index contributed by atoms with van der Waals surface area (Å²) in [5.41, 5.74) is 0.344. The molecule has 0 fully saturated rings. The Bertz CT molecular complexity index is 886. The fourth-order valence-corrected chi connectivity index (χ4v) is 2.31. The molecule has 0 unspecified atom stereocenters. The highest BCUT2D eigenvalue weighted by Crippen LogP contribution is 2.30. The first-order valence-electron chi connectivity index (χ1n) is 6.61. The van der Waals surface area contributed by atoms with Gasteiger partial charge in [-0.2, -0.15) is 0 Å². The second-order valence-electron chi connectivity index (χ2n) is 4.88. The molecule has 2 N–H and O–H groups in total. The molecule has 3 rings (SSSR count). The van der Waals surface area contributed by atoms with E-state index >= 15 is 0 Å². The van der Waals surface area contributed by atoms with E-state index in [9.17, 15) is 24.8 Å². The molecule has 23 heavy (non-hydrogen) atoms. The number of carbonyl (C=O) groups is 2. The number of nitro groups is 1. The van der Waals surface area contributed by atoms with Crippen LogP contribution in [0.3, 0.4) is 0 Å². The maximum atomic E-state index is 12.4. The molecule has 2 aromatic rings. The monoisotopic (exact) mass is 310 g/mol. The standard InChI is InChI=1S/C16H10N2O5/c19-14-6-5-9(7-13(14)18(22)23)17-12-8-15(20)10-3-1-2-4-11(10)16(12)21/h1-8,17,19H. The minimum atomic E-state index is -0.738. The van der Waals surface area contributed by atoms with Crippen LogP contribution in [0, 0.1) is 10.1 Å². The number of nitrogens with one attached hydrogen (secondary N) is 1. The number of rotatable bonds is 3. The minimum absolute atomic E-state index is 0.0219. The quantitative estimate of drug-likeness (QED) is 0.512. The lowest BCUT2D eigenvalue weighted by molar-refractivity contribution is -0.385. The van der Waals surface area contributed by atoms with Gasteiger partial charge in [0.25, 0.3) is 0 Å². The molecular weight excluding hydrogens is 300 g/mol. The predicted octanol–water partition coefficient (Wildman–Crippen LogP) is 2.68. The molecular formula is C16H10N2O5. The first-order valence-corrected chi connectivity index (χ1v) is 6.61. The highest BCUT2D eigenvalue weighted by molar-refractivity contribution is 6.25. The Labute approximate surface area is 130 Å². The first-order chi connectivity index (χ1) is 11.0. The molecule has 114 valence electrons. The van der Waals surface area contributed by atoms with Crippen LogP contribution in [-0.2, 0) is 0 Å². The Kier molecular flexibility index (Phi) is 3.38. The van der Waals surface area contributed by atoms with E-state index in [1.807, 2.05) is 0 Å². The lowest BCUT2D eigenvalue weighted by Gasteiger charge is -2.16. The van der Waals surface area contributed by atoms with Gasteiger partial charge in [0, 0.05) is 29.0 Å². The molecule has 0 radical (unpaired) electrons. The van der Waals surface area contributed by atoms with E-state index in [0.717, 1.165) is 18.2 Å². The maximum Gasteiger partial charge on any atom is 0.312 e. The Morgan fingerprint density at radius 1 is 1.04 bits per heavy atom. The maximum absolute atomic E-state index is 12.4. The van der Waals surface area contributed by atoms with Gasteiger partial charge in [-0.15, -0.1) is 0 Å². The number of fused-ring (bicyclic) bond motifs is 1. The van der Waals surface area contributed by atoms with E-state index in [2.05, 4.69) is 5.32 Å². The third kappa shape index (κ3) is 2.55. The van der Waals surface area contributed by atoms with Gasteiger partial charge in [0.05, 0.1) is 10.6 Å². The van der Waals surface area contributed by atoms with Gasteiger partial charge >= 0.3 is 5.69 Å². The number of hydrogen-bond acceptors (Lipinski definition) is 6. The van der Waals surface area contributed by atoms with Crippen molar-refractivity contribution in [2.75, 3.05) is 5.32 Å². The SMILES string of the molecule is O=C1C=C(Nc2ccc(O)c([N+](=O)[O-])c2)C(=O)c2ccccc21. The molecule has 7 heteroatoms. The summed E-state index contributed by atoms with van der Waals surface area (Å²) in [5.74, 6) is -1.18. The molecule has 0 saturated carbocycles. The van der Waals surface area contributed by atoms with Crippen molar-refractivity contribution in [3.8, 4) is 5.75 Å². The molecule has 1 aliphatic rings. The first kappa shape index (κ1) is 14.5. The summed E-state index contributed by atoms with van der Waals surface area (Å²) in [6.07, 6.45) is 1.16. The van der Waals surface area contributed by atoms with Crippen LogP contribution in [0.2, 0.25) is 0 Å². The number of anilines is 1. The van der Waals surface area contributed by atoms with Crippen LogP contribution in [0.15, 0.2) is 54.2 Å². The minimum Gasteiger partial charge on any atom is -0.502 e. The summed E-state index contributed by atoms with van der Waals surface area (Å²) in [4.78, 5) is 34.5. The molecule has 1 aliphatic carbocycles. The fourth-order valence-electron chi connectivity index (χ4n) is 2.31. The zero-order valence-electron chi connectivity index (χ0n) is 11.6. The van der Waals surface area contributed by atoms with E-state index in [0.29, 0.717) is 5.56 Å². The molecule has 0 spiro atoms. The number of nitrogens with zero attached hydrogens (tertiary/aromatic N) is 1. The Morgan fingerprint density at radius 2 is 1.74 bits per heavy atom. The molecule has 0 heterocycles. The largest absolute Gasteiger partial charge is 0.502 e. The van der Waals surface area contributed by atoms with Crippen LogP contribution in [0.4, 0.5) is 11.4 Å². The highest BCUT2D eigenvalue weighted by Gasteiger charge is 2.25. The number of phenolic OH excluding ortho intramolecular Hbond substituents is 1. The van der Waals surface area contributed by atoms with Crippen molar-refractivity contribution < 1.29 is 19.6 Å². The second-order valence-corrected chi connectivity index (χ2v) is 4.88. The van der Waals surface area contributed by atoms with Gasteiger partial charge in [-0.05, 0) is 12.1 Å². The van der Waals surface area contributed by atoms with E-state index in [1.54, 1.807) is 24.3 Å². The van der Waals surface area contributed by atoms with Crippen molar-refractivity contribution >= 4 is 22.9 Å². The van der Waals surface area contributed by atoms with Gasteiger partial charge in [-0.1, -0.05) is 24.3 Å². The number of allylic oxidation sites excluding steroid dienone is 2. The number of carbonyl (C=O) groups excluding carboxylic acids is 2. The number of benzene rings is 2. The molecule has 7 nitrogen and oxygen atoms in total. The topological polar surface area (TPSA) is 110 Å². The second kappa shape index (κ2) is 5.38. The zero-order chi connectivity index (χ0) is 16.6. The van der Waals surface area contributed by atoms with Gasteiger partial charge in [0.1, 0.15) is 0 Å². The van der Waals surface area contributed by atoms with Gasteiger partial charge in [-0.3, -0.25) is 19.7 Å². The number of aromatic hydroxyl groups is 1. The van der Waals surface area contributed by atoms with Crippen LogP contribution in [-0.4, -0.2) is 21.6 Å². The lowest BCUT2D eigenvalue weighted by atomic mass is 9.92. The van der Waals surface area contributed by atoms with E-state index in [-0.39, 0.29) is 28.5 Å². The Balaban J connectivity index is 1.96. The summed E-state index contributed by atoms with van der Waals surface area (Å²) >= 11 is 0. The molecule has 0 atom stereocenters. The van der Waals surface area contributed by atoms with Crippen molar-refractivity contribution in [2.45, 2.75) is 0 Å². The highest BCUT2D eigenvalue weighted by atomic mass is 16.6. The summed E-state index contributed by atoms with van der Waals surface area (Å²) in [5, 5.41) is 23.0. The fraction of sp³-hybridized carbons (Fsp3) is 0. The van der Waals surface area contributed by atoms with Crippen LogP contribution in [0.5, 0.6) is 5.75 Å². The molecule has 0 aromatic heterocycles. The molecule has 0 saturated heterocycles. The normalized spacial score (nSPS) is 13.3. The molecule has 2 aromatic carbocycles. The van der Waals surface area contributed by atoms with Crippen LogP contribution in [0.25, 0.3) is 0 Å². The van der Waals surface area contributed by atoms with Crippen molar-refractivity contribution in [1.82, 2.24) is 0 Å². The molecule has 0 bridgehead atoms. The van der Waals surface area contributed by atoms with Crippen LogP contribution < -0.4 is 5.32 Å². The zero-order valence-corrected chi connectivity index (χ0v) is 11.6. The van der Waals surface area contributed by atoms with Gasteiger partial charge in [0.15, 0.2) is 11.5 Å². The number of ketones is 2. The third-order valence-corrected chi connectivity index (χ3v) is 3.41. The van der Waals surface area contributed by atoms with Crippen LogP contribution >= 0.6 is 0 Å². The van der Waals surface area contributed by atoms with Crippen molar-refractivity contribution in [2.24, 2.45) is 0 Å². The summed E-state index contributed by atoms with van der Waals surface area (Å²) in [6, 6.07) is 10.0. The number of phenols is 1. The number of Topliss-reactive ketones (excluding diaryl/α,β-unsaturated/α-hetero) is 1. The number of hydrogen-bond donors (Lipinski definition) is 2. The number of nitro benzene ring substituents is 1. The summed E-state index contributed by atoms with van der Waals surface area (Å²) in [7, 11) is 0. The van der Waals surface area contributed by atoms with Gasteiger partial charge in [-0.25, -0.2) is 0 Å². The van der Waals surface area contributed by atoms with Crippen molar-refractivity contribution in [1.29, 1.82) is 0 Å². The third-order valence-electron chi connectivity index (χ3n) is 3.41. The van der Waals surface area contributed by atoms with E-state index in [4.69, 9.17) is 0 Å². The summed E-state index contributed by atoms with van der Waals surface area (Å²) in [6.45, 7) is 0. The van der Waals surface area contributed by atoms with E-state index < -0.39 is 16.4 Å². The van der Waals surface area contributed by atoms with E-state index in [1.165, 1.54) is 6.07 Å². The average molecular weight is 310 g/mol. The Hall–Kier alpha value is -3.48. The predicted molar refractivity (Wildman–Crippen MR) is 81.6 cm³/mol.